The maximum absolute atomic E-state index is 13.1. The van der Waals surface area contributed by atoms with E-state index in [2.05, 4.69) is 75.8 Å². The predicted molar refractivity (Wildman–Crippen MR) is 160 cm³/mol. The molecule has 0 bridgehead atoms. The molecule has 4 aliphatic rings. The Morgan fingerprint density at radius 3 is 1.93 bits per heavy atom. The molecule has 1 spiro atoms. The summed E-state index contributed by atoms with van der Waals surface area (Å²) in [5, 5.41) is 3.37. The number of benzene rings is 2. The molecule has 3 aliphatic heterocycles. The molecule has 2 aromatic rings. The Labute approximate surface area is 245 Å². The molecule has 0 atom stereocenters. The van der Waals surface area contributed by atoms with Gasteiger partial charge in [0.1, 0.15) is 5.60 Å². The molecule has 3 heterocycles. The van der Waals surface area contributed by atoms with Gasteiger partial charge < -0.3 is 15.0 Å². The van der Waals surface area contributed by atoms with Crippen LogP contribution in [0.3, 0.4) is 0 Å². The van der Waals surface area contributed by atoms with E-state index in [4.69, 9.17) is 4.74 Å². The van der Waals surface area contributed by atoms with E-state index in [1.54, 1.807) is 0 Å². The monoisotopic (exact) mass is 558 g/mol. The smallest absolute Gasteiger partial charge is 0.410 e. The summed E-state index contributed by atoms with van der Waals surface area (Å²) in [5.74, 6) is 0.812. The maximum Gasteiger partial charge on any atom is 0.410 e. The van der Waals surface area contributed by atoms with Crippen LogP contribution in [0.4, 0.5) is 4.79 Å². The summed E-state index contributed by atoms with van der Waals surface area (Å²) >= 11 is 0. The van der Waals surface area contributed by atoms with Crippen LogP contribution in [0.15, 0.2) is 60.7 Å². The van der Waals surface area contributed by atoms with Gasteiger partial charge in [-0.3, -0.25) is 14.6 Å². The molecule has 6 rings (SSSR count). The van der Waals surface area contributed by atoms with Crippen LogP contribution in [0, 0.1) is 11.8 Å². The van der Waals surface area contributed by atoms with E-state index in [0.717, 1.165) is 97.2 Å². The number of piperidine rings is 2. The second-order valence-electron chi connectivity index (χ2n) is 13.0. The number of hydrogen-bond donors (Lipinski definition) is 1. The van der Waals surface area contributed by atoms with Crippen LogP contribution >= 0.6 is 0 Å². The Bertz CT molecular complexity index is 1140. The fourth-order valence-corrected chi connectivity index (χ4v) is 7.37. The van der Waals surface area contributed by atoms with Crippen LogP contribution < -0.4 is 5.32 Å². The van der Waals surface area contributed by atoms with Crippen molar-refractivity contribution in [3.05, 3.63) is 71.8 Å². The van der Waals surface area contributed by atoms with Crippen molar-refractivity contribution in [1.82, 2.24) is 20.0 Å². The first-order chi connectivity index (χ1) is 20.0. The third-order valence-electron chi connectivity index (χ3n) is 9.94. The molecule has 0 radical (unpaired) electrons. The topological polar surface area (TPSA) is 65.1 Å². The third-order valence-corrected chi connectivity index (χ3v) is 9.94. The summed E-state index contributed by atoms with van der Waals surface area (Å²) in [6.07, 6.45) is 7.58. The zero-order valence-electron chi connectivity index (χ0n) is 24.4. The van der Waals surface area contributed by atoms with Crippen molar-refractivity contribution in [3.8, 4) is 0 Å². The summed E-state index contributed by atoms with van der Waals surface area (Å²) < 4.78 is 6.02. The van der Waals surface area contributed by atoms with Crippen molar-refractivity contribution in [2.75, 3.05) is 39.3 Å². The van der Waals surface area contributed by atoms with Crippen LogP contribution in [0.25, 0.3) is 0 Å². The van der Waals surface area contributed by atoms with Crippen molar-refractivity contribution < 1.29 is 14.3 Å². The summed E-state index contributed by atoms with van der Waals surface area (Å²) in [6.45, 7) is 7.42. The Balaban J connectivity index is 0.891. The van der Waals surface area contributed by atoms with E-state index in [1.165, 1.54) is 11.1 Å². The summed E-state index contributed by atoms with van der Waals surface area (Å²) in [7, 11) is 0. The molecular formula is C34H46N4O3. The van der Waals surface area contributed by atoms with Gasteiger partial charge >= 0.3 is 6.09 Å². The van der Waals surface area contributed by atoms with E-state index in [1.807, 2.05) is 4.90 Å². The van der Waals surface area contributed by atoms with Crippen molar-refractivity contribution in [2.45, 2.75) is 76.1 Å². The van der Waals surface area contributed by atoms with Gasteiger partial charge in [0.25, 0.3) is 0 Å². The number of nitrogens with one attached hydrogen (secondary N) is 1. The third kappa shape index (κ3) is 7.31. The molecule has 4 fully saturated rings. The van der Waals surface area contributed by atoms with Gasteiger partial charge in [0.2, 0.25) is 5.91 Å². The minimum absolute atomic E-state index is 0.111. The highest BCUT2D eigenvalue weighted by atomic mass is 16.6. The standard InChI is InChI=1S/C34H46N4O3/c39-32(35-31-15-19-36(20-16-31)23-27-7-3-1-4-8-27)30-13-11-29(12-14-30)25-38-26-34(41-33(38)40)17-21-37(22-18-34)24-28-9-5-2-6-10-28/h1-10,29-31H,11-26H2,(H,35,39). The molecule has 0 aromatic heterocycles. The van der Waals surface area contributed by atoms with E-state index in [-0.39, 0.29) is 23.5 Å². The number of ether oxygens (including phenoxy) is 1. The van der Waals surface area contributed by atoms with Crippen molar-refractivity contribution in [1.29, 1.82) is 0 Å². The zero-order chi connectivity index (χ0) is 28.1. The Morgan fingerprint density at radius 1 is 0.780 bits per heavy atom. The number of nitrogens with zero attached hydrogens (tertiary/aromatic N) is 3. The van der Waals surface area contributed by atoms with Crippen LogP contribution in [-0.4, -0.2) is 77.6 Å². The highest BCUT2D eigenvalue weighted by Gasteiger charge is 2.47. The van der Waals surface area contributed by atoms with Gasteiger partial charge in [0.15, 0.2) is 0 Å². The number of carbonyl (C=O) groups is 2. The molecule has 2 amide bonds. The van der Waals surface area contributed by atoms with Gasteiger partial charge in [-0.15, -0.1) is 0 Å². The summed E-state index contributed by atoms with van der Waals surface area (Å²) in [4.78, 5) is 32.8. The minimum atomic E-state index is -0.321. The number of rotatable bonds is 8. The van der Waals surface area contributed by atoms with Crippen molar-refractivity contribution >= 4 is 12.0 Å². The fourth-order valence-electron chi connectivity index (χ4n) is 7.37. The Kier molecular flexibility index (Phi) is 8.92. The van der Waals surface area contributed by atoms with Gasteiger partial charge in [0.05, 0.1) is 6.54 Å². The lowest BCUT2D eigenvalue weighted by Crippen LogP contribution is -2.47. The number of hydrogen-bond acceptors (Lipinski definition) is 5. The second kappa shape index (κ2) is 13.0. The van der Waals surface area contributed by atoms with Gasteiger partial charge in [-0.25, -0.2) is 4.79 Å². The van der Waals surface area contributed by atoms with Crippen molar-refractivity contribution in [2.24, 2.45) is 11.8 Å². The second-order valence-corrected chi connectivity index (χ2v) is 13.0. The molecule has 3 saturated heterocycles. The maximum atomic E-state index is 13.1. The predicted octanol–water partition coefficient (Wildman–Crippen LogP) is 5.06. The first-order valence-corrected chi connectivity index (χ1v) is 15.8. The van der Waals surface area contributed by atoms with Crippen molar-refractivity contribution in [3.63, 3.8) is 0 Å². The highest BCUT2D eigenvalue weighted by molar-refractivity contribution is 5.79. The zero-order valence-corrected chi connectivity index (χ0v) is 24.4. The normalized spacial score (nSPS) is 25.8. The lowest BCUT2D eigenvalue weighted by molar-refractivity contribution is -0.127. The highest BCUT2D eigenvalue weighted by Crippen LogP contribution is 2.36. The van der Waals surface area contributed by atoms with E-state index >= 15 is 0 Å². The number of likely N-dealkylation sites (tertiary alicyclic amines) is 2. The largest absolute Gasteiger partial charge is 0.441 e. The molecule has 220 valence electrons. The lowest BCUT2D eigenvalue weighted by atomic mass is 9.81. The van der Waals surface area contributed by atoms with Crippen LogP contribution in [0.2, 0.25) is 0 Å². The first kappa shape index (κ1) is 28.2. The lowest BCUT2D eigenvalue weighted by Gasteiger charge is -2.37. The molecule has 1 saturated carbocycles. The quantitative estimate of drug-likeness (QED) is 0.491. The average Bonchev–Trinajstić information content (AvgIpc) is 3.30. The Morgan fingerprint density at radius 2 is 1.34 bits per heavy atom. The van der Waals surface area contributed by atoms with Gasteiger partial charge in [-0.2, -0.15) is 0 Å². The molecular weight excluding hydrogens is 512 g/mol. The van der Waals surface area contributed by atoms with E-state index in [0.29, 0.717) is 18.5 Å². The van der Waals surface area contributed by atoms with Gasteiger partial charge in [-0.1, -0.05) is 60.7 Å². The molecule has 7 nitrogen and oxygen atoms in total. The minimum Gasteiger partial charge on any atom is -0.441 e. The molecule has 7 heteroatoms. The summed E-state index contributed by atoms with van der Waals surface area (Å²) in [5.41, 5.74) is 2.37. The molecule has 41 heavy (non-hydrogen) atoms. The van der Waals surface area contributed by atoms with Gasteiger partial charge in [0, 0.05) is 70.6 Å². The average molecular weight is 559 g/mol. The van der Waals surface area contributed by atoms with E-state index in [9.17, 15) is 9.59 Å². The van der Waals surface area contributed by atoms with Crippen LogP contribution in [0.5, 0.6) is 0 Å². The number of carbonyl (C=O) groups excluding carboxylic acids is 2. The fraction of sp³-hybridized carbons (Fsp3) is 0.588. The van der Waals surface area contributed by atoms with Gasteiger partial charge in [-0.05, 0) is 55.6 Å². The summed E-state index contributed by atoms with van der Waals surface area (Å²) in [6, 6.07) is 21.5. The van der Waals surface area contributed by atoms with Crippen LogP contribution in [-0.2, 0) is 22.6 Å². The molecule has 1 aliphatic carbocycles. The molecule has 0 unspecified atom stereocenters. The SMILES string of the molecule is O=C(NC1CCN(Cc2ccccc2)CC1)C1CCC(CN2CC3(CCN(Cc4ccccc4)CC3)OC2=O)CC1. The van der Waals surface area contributed by atoms with Crippen LogP contribution in [0.1, 0.15) is 62.5 Å². The molecule has 2 aromatic carbocycles. The first-order valence-electron chi connectivity index (χ1n) is 15.8. The Hall–Kier alpha value is -2.90. The van der Waals surface area contributed by atoms with E-state index < -0.39 is 0 Å². The molecule has 1 N–H and O–H groups in total. The number of amides is 2.